The minimum atomic E-state index is -2.89. The highest BCUT2D eigenvalue weighted by atomic mass is 32.2. The second kappa shape index (κ2) is 8.19. The van der Waals surface area contributed by atoms with Gasteiger partial charge in [0.15, 0.2) is 15.8 Å². The number of guanidine groups is 1. The summed E-state index contributed by atoms with van der Waals surface area (Å²) in [5.74, 6) is 1.98. The van der Waals surface area contributed by atoms with Crippen LogP contribution in [0.25, 0.3) is 0 Å². The molecule has 0 amide bonds. The number of nitrogens with zero attached hydrogens (tertiary/aromatic N) is 1. The second-order valence-corrected chi connectivity index (χ2v) is 7.76. The highest BCUT2D eigenvalue weighted by Gasteiger charge is 2.28. The Balaban J connectivity index is 1.83. The monoisotopic (exact) mass is 339 g/mol. The van der Waals surface area contributed by atoms with Gasteiger partial charge in [-0.15, -0.1) is 0 Å². The maximum atomic E-state index is 11.5. The molecule has 0 spiro atoms. The lowest BCUT2D eigenvalue weighted by atomic mass is 10.1. The zero-order valence-corrected chi connectivity index (χ0v) is 14.5. The molecule has 128 valence electrons. The van der Waals surface area contributed by atoms with E-state index >= 15 is 0 Å². The van der Waals surface area contributed by atoms with Crippen LogP contribution in [0.15, 0.2) is 29.3 Å². The summed E-state index contributed by atoms with van der Waals surface area (Å²) in [5.41, 5.74) is 1.14. The maximum Gasteiger partial charge on any atom is 0.191 e. The van der Waals surface area contributed by atoms with Crippen LogP contribution in [0.5, 0.6) is 5.75 Å². The van der Waals surface area contributed by atoms with Crippen LogP contribution in [0.4, 0.5) is 0 Å². The molecular formula is C16H25N3O3S. The molecule has 1 fully saturated rings. The molecule has 1 heterocycles. The van der Waals surface area contributed by atoms with Gasteiger partial charge >= 0.3 is 0 Å². The first kappa shape index (κ1) is 17.6. The van der Waals surface area contributed by atoms with Crippen molar-refractivity contribution in [2.24, 2.45) is 4.99 Å². The molecule has 0 bridgehead atoms. The minimum absolute atomic E-state index is 0.0538. The fourth-order valence-electron chi connectivity index (χ4n) is 2.62. The van der Waals surface area contributed by atoms with Gasteiger partial charge in [-0.25, -0.2) is 8.42 Å². The lowest BCUT2D eigenvalue weighted by Gasteiger charge is -2.16. The third-order valence-electron chi connectivity index (χ3n) is 3.76. The molecule has 7 heteroatoms. The number of nitrogens with one attached hydrogen (secondary N) is 2. The number of rotatable bonds is 6. The molecule has 6 nitrogen and oxygen atoms in total. The molecule has 23 heavy (non-hydrogen) atoms. The molecule has 1 atom stereocenters. The van der Waals surface area contributed by atoms with E-state index in [0.29, 0.717) is 25.5 Å². The summed E-state index contributed by atoms with van der Waals surface area (Å²) in [6, 6.07) is 7.92. The van der Waals surface area contributed by atoms with Crippen LogP contribution in [-0.4, -0.2) is 52.1 Å². The van der Waals surface area contributed by atoms with E-state index in [1.807, 2.05) is 31.2 Å². The SMILES string of the molecule is CCOc1ccccc1CCNC(=NC)NC1CCS(=O)(=O)C1. The predicted molar refractivity (Wildman–Crippen MR) is 92.9 cm³/mol. The summed E-state index contributed by atoms with van der Waals surface area (Å²) in [6.07, 6.45) is 1.44. The van der Waals surface area contributed by atoms with E-state index in [2.05, 4.69) is 15.6 Å². The molecule has 0 radical (unpaired) electrons. The van der Waals surface area contributed by atoms with Crippen molar-refractivity contribution in [2.45, 2.75) is 25.8 Å². The van der Waals surface area contributed by atoms with Crippen LogP contribution in [-0.2, 0) is 16.3 Å². The van der Waals surface area contributed by atoms with Gasteiger partial charge in [0, 0.05) is 19.6 Å². The van der Waals surface area contributed by atoms with Crippen molar-refractivity contribution in [3.8, 4) is 5.75 Å². The Labute approximate surface area is 138 Å². The molecule has 2 rings (SSSR count). The van der Waals surface area contributed by atoms with Crippen molar-refractivity contribution in [1.29, 1.82) is 0 Å². The number of aliphatic imine (C=N–C) groups is 1. The smallest absolute Gasteiger partial charge is 0.191 e. The summed E-state index contributed by atoms with van der Waals surface area (Å²) < 4.78 is 28.6. The number of ether oxygens (including phenoxy) is 1. The summed E-state index contributed by atoms with van der Waals surface area (Å²) in [6.45, 7) is 3.31. The van der Waals surface area contributed by atoms with Gasteiger partial charge < -0.3 is 15.4 Å². The van der Waals surface area contributed by atoms with Crippen molar-refractivity contribution in [2.75, 3.05) is 31.7 Å². The average Bonchev–Trinajstić information content (AvgIpc) is 2.87. The van der Waals surface area contributed by atoms with E-state index in [1.54, 1.807) is 7.05 Å². The Morgan fingerprint density at radius 3 is 2.83 bits per heavy atom. The molecule has 1 saturated heterocycles. The molecule has 1 aliphatic heterocycles. The van der Waals surface area contributed by atoms with Crippen molar-refractivity contribution >= 4 is 15.8 Å². The number of hydrogen-bond donors (Lipinski definition) is 2. The summed E-state index contributed by atoms with van der Waals surface area (Å²) in [5, 5.41) is 6.41. The number of hydrogen-bond acceptors (Lipinski definition) is 4. The van der Waals surface area contributed by atoms with Crippen LogP contribution in [0.3, 0.4) is 0 Å². The number of para-hydroxylation sites is 1. The normalized spacial score (nSPS) is 20.3. The molecule has 2 N–H and O–H groups in total. The Morgan fingerprint density at radius 1 is 1.39 bits per heavy atom. The molecule has 1 aromatic carbocycles. The third-order valence-corrected chi connectivity index (χ3v) is 5.52. The first-order valence-electron chi connectivity index (χ1n) is 7.92. The van der Waals surface area contributed by atoms with E-state index in [0.717, 1.165) is 17.7 Å². The zero-order chi connectivity index (χ0) is 16.7. The number of sulfone groups is 1. The quantitative estimate of drug-likeness (QED) is 0.597. The van der Waals surface area contributed by atoms with Crippen LogP contribution in [0.1, 0.15) is 18.9 Å². The Kier molecular flexibility index (Phi) is 6.27. The average molecular weight is 339 g/mol. The van der Waals surface area contributed by atoms with Crippen molar-refractivity contribution in [3.05, 3.63) is 29.8 Å². The Morgan fingerprint density at radius 2 is 2.17 bits per heavy atom. The van der Waals surface area contributed by atoms with Gasteiger partial charge in [-0.3, -0.25) is 4.99 Å². The zero-order valence-electron chi connectivity index (χ0n) is 13.7. The molecule has 0 saturated carbocycles. The van der Waals surface area contributed by atoms with Gasteiger partial charge in [0.05, 0.1) is 18.1 Å². The predicted octanol–water partition coefficient (Wildman–Crippen LogP) is 0.980. The van der Waals surface area contributed by atoms with Crippen LogP contribution in [0.2, 0.25) is 0 Å². The van der Waals surface area contributed by atoms with Gasteiger partial charge in [-0.2, -0.15) is 0 Å². The molecule has 0 aliphatic carbocycles. The van der Waals surface area contributed by atoms with E-state index < -0.39 is 9.84 Å². The Bertz CT molecular complexity index is 644. The molecule has 1 aromatic rings. The highest BCUT2D eigenvalue weighted by molar-refractivity contribution is 7.91. The summed E-state index contributed by atoms with van der Waals surface area (Å²) >= 11 is 0. The fourth-order valence-corrected chi connectivity index (χ4v) is 4.29. The third kappa shape index (κ3) is 5.42. The first-order valence-corrected chi connectivity index (χ1v) is 9.74. The van der Waals surface area contributed by atoms with Gasteiger partial charge in [-0.1, -0.05) is 18.2 Å². The largest absolute Gasteiger partial charge is 0.494 e. The van der Waals surface area contributed by atoms with Crippen LogP contribution < -0.4 is 15.4 Å². The van der Waals surface area contributed by atoms with E-state index in [9.17, 15) is 8.42 Å². The van der Waals surface area contributed by atoms with E-state index in [1.165, 1.54) is 0 Å². The highest BCUT2D eigenvalue weighted by Crippen LogP contribution is 2.18. The second-order valence-electron chi connectivity index (χ2n) is 5.53. The minimum Gasteiger partial charge on any atom is -0.494 e. The van der Waals surface area contributed by atoms with Crippen molar-refractivity contribution in [3.63, 3.8) is 0 Å². The van der Waals surface area contributed by atoms with Gasteiger partial charge in [0.25, 0.3) is 0 Å². The van der Waals surface area contributed by atoms with Gasteiger partial charge in [0.1, 0.15) is 5.75 Å². The van der Waals surface area contributed by atoms with Crippen molar-refractivity contribution in [1.82, 2.24) is 10.6 Å². The Hall–Kier alpha value is -1.76. The molecule has 1 unspecified atom stereocenters. The lowest BCUT2D eigenvalue weighted by molar-refractivity contribution is 0.336. The van der Waals surface area contributed by atoms with Crippen molar-refractivity contribution < 1.29 is 13.2 Å². The molecule has 0 aromatic heterocycles. The van der Waals surface area contributed by atoms with E-state index in [-0.39, 0.29) is 17.5 Å². The molecule has 1 aliphatic rings. The standard InChI is InChI=1S/C16H25N3O3S/c1-3-22-15-7-5-4-6-13(15)8-10-18-16(17-2)19-14-9-11-23(20,21)12-14/h4-7,14H,3,8-12H2,1-2H3,(H2,17,18,19). The fraction of sp³-hybridized carbons (Fsp3) is 0.562. The first-order chi connectivity index (χ1) is 11.0. The lowest BCUT2D eigenvalue weighted by Crippen LogP contribution is -2.44. The summed E-state index contributed by atoms with van der Waals surface area (Å²) in [4.78, 5) is 4.16. The van der Waals surface area contributed by atoms with Crippen LogP contribution >= 0.6 is 0 Å². The summed E-state index contributed by atoms with van der Waals surface area (Å²) in [7, 11) is -1.20. The van der Waals surface area contributed by atoms with Crippen LogP contribution in [0, 0.1) is 0 Å². The topological polar surface area (TPSA) is 79.8 Å². The maximum absolute atomic E-state index is 11.5. The van der Waals surface area contributed by atoms with Gasteiger partial charge in [0.2, 0.25) is 0 Å². The van der Waals surface area contributed by atoms with E-state index in [4.69, 9.17) is 4.74 Å². The van der Waals surface area contributed by atoms with Gasteiger partial charge in [-0.05, 0) is 31.4 Å². The molecular weight excluding hydrogens is 314 g/mol. The number of benzene rings is 1.